The molecule has 0 spiro atoms. The Morgan fingerprint density at radius 3 is 2.75 bits per heavy atom. The lowest BCUT2D eigenvalue weighted by atomic mass is 10.2. The topological polar surface area (TPSA) is 59.8 Å². The summed E-state index contributed by atoms with van der Waals surface area (Å²) in [5, 5.41) is 12.2. The number of hydrogen-bond acceptors (Lipinski definition) is 4. The van der Waals surface area contributed by atoms with E-state index in [4.69, 9.17) is 0 Å². The third-order valence-electron chi connectivity index (χ3n) is 4.18. The van der Waals surface area contributed by atoms with Crippen LogP contribution in [0.5, 0.6) is 0 Å². The van der Waals surface area contributed by atoms with Crippen molar-refractivity contribution >= 4 is 17.7 Å². The van der Waals surface area contributed by atoms with Crippen LogP contribution < -0.4 is 5.32 Å². The summed E-state index contributed by atoms with van der Waals surface area (Å²) in [7, 11) is 0. The molecule has 146 valence electrons. The molecule has 2 aromatic carbocycles. The Labute approximate surface area is 168 Å². The first-order valence-corrected chi connectivity index (χ1v) is 10.2. The van der Waals surface area contributed by atoms with E-state index in [-0.39, 0.29) is 18.0 Å². The smallest absolute Gasteiger partial charge is 0.251 e. The summed E-state index contributed by atoms with van der Waals surface area (Å²) in [4.78, 5) is 12.3. The van der Waals surface area contributed by atoms with Crippen LogP contribution in [0.25, 0.3) is 5.69 Å². The molecule has 0 saturated heterocycles. The fraction of sp³-hybridized carbons (Fsp3) is 0.286. The zero-order chi connectivity index (χ0) is 19.9. The second kappa shape index (κ2) is 9.50. The second-order valence-corrected chi connectivity index (χ2v) is 7.53. The minimum atomic E-state index is -0.440. The molecule has 0 radical (unpaired) electrons. The van der Waals surface area contributed by atoms with Crippen LogP contribution >= 0.6 is 11.8 Å². The fourth-order valence-electron chi connectivity index (χ4n) is 2.73. The number of aryl methyl sites for hydroxylation is 1. The Morgan fingerprint density at radius 2 is 2.00 bits per heavy atom. The largest absolute Gasteiger partial charge is 0.345 e. The molecule has 28 heavy (non-hydrogen) atoms. The Bertz CT molecular complexity index is 957. The lowest BCUT2D eigenvalue weighted by Gasteiger charge is -2.11. The van der Waals surface area contributed by atoms with Gasteiger partial charge in [0.1, 0.15) is 5.82 Å². The number of amides is 1. The Kier molecular flexibility index (Phi) is 6.81. The molecule has 1 N–H and O–H groups in total. The third kappa shape index (κ3) is 4.98. The maximum atomic E-state index is 13.4. The van der Waals surface area contributed by atoms with Gasteiger partial charge in [-0.15, -0.1) is 10.2 Å². The number of hydrogen-bond donors (Lipinski definition) is 1. The average molecular weight is 399 g/mol. The van der Waals surface area contributed by atoms with Crippen LogP contribution in [0.1, 0.15) is 41.5 Å². The number of nitrogens with one attached hydrogen (secondary N) is 1. The monoisotopic (exact) mass is 398 g/mol. The highest BCUT2D eigenvalue weighted by Gasteiger charge is 2.16. The van der Waals surface area contributed by atoms with Crippen molar-refractivity contribution in [1.29, 1.82) is 0 Å². The van der Waals surface area contributed by atoms with E-state index in [1.165, 1.54) is 18.2 Å². The molecule has 0 atom stereocenters. The summed E-state index contributed by atoms with van der Waals surface area (Å²) in [5.41, 5.74) is 2.36. The molecule has 1 aromatic heterocycles. The number of benzene rings is 2. The van der Waals surface area contributed by atoms with E-state index in [2.05, 4.69) is 28.5 Å². The Morgan fingerprint density at radius 1 is 1.18 bits per heavy atom. The van der Waals surface area contributed by atoms with Crippen LogP contribution in [-0.2, 0) is 6.54 Å². The van der Waals surface area contributed by atoms with Gasteiger partial charge in [-0.05, 0) is 49.2 Å². The van der Waals surface area contributed by atoms with Gasteiger partial charge in [-0.25, -0.2) is 4.39 Å². The first-order valence-electron chi connectivity index (χ1n) is 9.26. The summed E-state index contributed by atoms with van der Waals surface area (Å²) >= 11 is 1.65. The number of carbonyl (C=O) groups excluding carboxylic acids is 1. The van der Waals surface area contributed by atoms with Gasteiger partial charge in [0, 0.05) is 17.0 Å². The van der Waals surface area contributed by atoms with E-state index in [0.29, 0.717) is 5.82 Å². The number of halogens is 1. The summed E-state index contributed by atoms with van der Waals surface area (Å²) in [5.74, 6) is 0.800. The molecule has 0 aliphatic heterocycles. The van der Waals surface area contributed by atoms with E-state index in [9.17, 15) is 9.18 Å². The van der Waals surface area contributed by atoms with Crippen LogP contribution in [0.2, 0.25) is 0 Å². The normalized spacial score (nSPS) is 10.8. The first-order chi connectivity index (χ1) is 13.6. The average Bonchev–Trinajstić information content (AvgIpc) is 3.09. The van der Waals surface area contributed by atoms with Crippen molar-refractivity contribution in [3.8, 4) is 5.69 Å². The molecule has 3 aromatic rings. The molecule has 1 heterocycles. The van der Waals surface area contributed by atoms with Crippen molar-refractivity contribution < 1.29 is 9.18 Å². The number of thioether (sulfide) groups is 1. The molecule has 7 heteroatoms. The van der Waals surface area contributed by atoms with Gasteiger partial charge in [0.15, 0.2) is 11.0 Å². The number of carbonyl (C=O) groups is 1. The summed E-state index contributed by atoms with van der Waals surface area (Å²) in [6.07, 6.45) is 2.21. The lowest BCUT2D eigenvalue weighted by Crippen LogP contribution is -2.24. The van der Waals surface area contributed by atoms with Crippen LogP contribution in [0.4, 0.5) is 4.39 Å². The summed E-state index contributed by atoms with van der Waals surface area (Å²) in [6.45, 7) is 4.38. The molecule has 0 unspecified atom stereocenters. The second-order valence-electron chi connectivity index (χ2n) is 6.47. The van der Waals surface area contributed by atoms with Gasteiger partial charge in [-0.1, -0.05) is 43.3 Å². The lowest BCUT2D eigenvalue weighted by molar-refractivity contribution is 0.0949. The molecule has 0 aliphatic rings. The Hall–Kier alpha value is -2.67. The maximum Gasteiger partial charge on any atom is 0.251 e. The number of rotatable bonds is 8. The van der Waals surface area contributed by atoms with E-state index in [1.807, 2.05) is 29.7 Å². The van der Waals surface area contributed by atoms with Crippen molar-refractivity contribution in [1.82, 2.24) is 20.1 Å². The van der Waals surface area contributed by atoms with Crippen molar-refractivity contribution in [2.75, 3.05) is 5.75 Å². The van der Waals surface area contributed by atoms with Gasteiger partial charge < -0.3 is 5.32 Å². The van der Waals surface area contributed by atoms with Gasteiger partial charge >= 0.3 is 0 Å². The van der Waals surface area contributed by atoms with Crippen molar-refractivity contribution in [3.63, 3.8) is 0 Å². The molecular weight excluding hydrogens is 375 g/mol. The molecule has 0 fully saturated rings. The van der Waals surface area contributed by atoms with Crippen LogP contribution in [-0.4, -0.2) is 26.4 Å². The number of nitrogens with zero attached hydrogens (tertiary/aromatic N) is 3. The molecular formula is C21H23FN4OS. The standard InChI is InChI=1S/C21H23FN4OS/c1-3-4-11-28-21-25-24-19(26(21)18-10-5-7-15(2)12-18)14-23-20(27)16-8-6-9-17(22)13-16/h5-10,12-13H,3-4,11,14H2,1-2H3,(H,23,27). The van der Waals surface area contributed by atoms with E-state index >= 15 is 0 Å². The zero-order valence-electron chi connectivity index (χ0n) is 16.0. The van der Waals surface area contributed by atoms with Crippen molar-refractivity contribution in [2.45, 2.75) is 38.4 Å². The maximum absolute atomic E-state index is 13.4. The Balaban J connectivity index is 1.82. The molecule has 0 bridgehead atoms. The van der Waals surface area contributed by atoms with Crippen LogP contribution in [0, 0.1) is 12.7 Å². The van der Waals surface area contributed by atoms with Crippen molar-refractivity contribution in [3.05, 3.63) is 71.3 Å². The molecule has 5 nitrogen and oxygen atoms in total. The minimum absolute atomic E-state index is 0.199. The fourth-order valence-corrected chi connectivity index (χ4v) is 3.79. The summed E-state index contributed by atoms with van der Waals surface area (Å²) < 4.78 is 15.3. The predicted octanol–water partition coefficient (Wildman–Crippen LogP) is 4.54. The molecule has 3 rings (SSSR count). The quantitative estimate of drug-likeness (QED) is 0.447. The predicted molar refractivity (Wildman–Crippen MR) is 109 cm³/mol. The highest BCUT2D eigenvalue weighted by molar-refractivity contribution is 7.99. The highest BCUT2D eigenvalue weighted by Crippen LogP contribution is 2.23. The highest BCUT2D eigenvalue weighted by atomic mass is 32.2. The number of unbranched alkanes of at least 4 members (excludes halogenated alkanes) is 1. The molecule has 1 amide bonds. The van der Waals surface area contributed by atoms with Crippen LogP contribution in [0.3, 0.4) is 0 Å². The minimum Gasteiger partial charge on any atom is -0.345 e. The van der Waals surface area contributed by atoms with Gasteiger partial charge in [0.25, 0.3) is 5.91 Å². The third-order valence-corrected chi connectivity index (χ3v) is 5.20. The summed E-state index contributed by atoms with van der Waals surface area (Å²) in [6, 6.07) is 13.7. The van der Waals surface area contributed by atoms with E-state index in [0.717, 1.165) is 35.0 Å². The van der Waals surface area contributed by atoms with Gasteiger partial charge in [-0.2, -0.15) is 0 Å². The van der Waals surface area contributed by atoms with E-state index in [1.54, 1.807) is 17.8 Å². The van der Waals surface area contributed by atoms with Crippen LogP contribution in [0.15, 0.2) is 53.7 Å². The van der Waals surface area contributed by atoms with E-state index < -0.39 is 5.82 Å². The van der Waals surface area contributed by atoms with Gasteiger partial charge in [-0.3, -0.25) is 9.36 Å². The van der Waals surface area contributed by atoms with Crippen molar-refractivity contribution in [2.24, 2.45) is 0 Å². The first kappa shape index (κ1) is 20.1. The molecule has 0 aliphatic carbocycles. The zero-order valence-corrected chi connectivity index (χ0v) is 16.8. The SMILES string of the molecule is CCCCSc1nnc(CNC(=O)c2cccc(F)c2)n1-c1cccc(C)c1. The van der Waals surface area contributed by atoms with Gasteiger partial charge in [0.2, 0.25) is 0 Å². The number of aromatic nitrogens is 3. The molecule has 0 saturated carbocycles. The van der Waals surface area contributed by atoms with Gasteiger partial charge in [0.05, 0.1) is 6.54 Å².